The third-order valence-electron chi connectivity index (χ3n) is 6.98. The SMILES string of the molecule is O=C(NCc1ccccn1)[C@@H]1[C@@H]2C=C[C@@]3(CN(CCc4c[nH]c5ccccc45)C(=O)[C@H]13)O2. The number of amides is 2. The Hall–Kier alpha value is -3.45. The Kier molecular flexibility index (Phi) is 4.40. The summed E-state index contributed by atoms with van der Waals surface area (Å²) in [6, 6.07) is 13.8. The highest BCUT2D eigenvalue weighted by atomic mass is 16.5. The van der Waals surface area contributed by atoms with Gasteiger partial charge in [0.15, 0.2) is 0 Å². The number of carbonyl (C=O) groups is 2. The van der Waals surface area contributed by atoms with Crippen molar-refractivity contribution in [2.24, 2.45) is 11.8 Å². The molecule has 2 N–H and O–H groups in total. The van der Waals surface area contributed by atoms with E-state index in [1.165, 1.54) is 10.9 Å². The molecule has 32 heavy (non-hydrogen) atoms. The molecule has 6 rings (SSSR count). The second-order valence-electron chi connectivity index (χ2n) is 8.81. The number of rotatable bonds is 6. The second-order valence-corrected chi connectivity index (χ2v) is 8.81. The van der Waals surface area contributed by atoms with E-state index in [4.69, 9.17) is 4.74 Å². The normalized spacial score (nSPS) is 27.9. The molecular formula is C25H24N4O3. The first kappa shape index (κ1) is 19.3. The van der Waals surface area contributed by atoms with E-state index in [-0.39, 0.29) is 17.9 Å². The van der Waals surface area contributed by atoms with E-state index in [2.05, 4.69) is 27.4 Å². The summed E-state index contributed by atoms with van der Waals surface area (Å²) in [6.45, 7) is 1.43. The Morgan fingerprint density at radius 2 is 2.12 bits per heavy atom. The van der Waals surface area contributed by atoms with Crippen LogP contribution in [0.25, 0.3) is 10.9 Å². The lowest BCUT2D eigenvalue weighted by atomic mass is 9.77. The Morgan fingerprint density at radius 3 is 3.00 bits per heavy atom. The van der Waals surface area contributed by atoms with Crippen LogP contribution in [0, 0.1) is 11.8 Å². The highest BCUT2D eigenvalue weighted by molar-refractivity contribution is 5.93. The van der Waals surface area contributed by atoms with Gasteiger partial charge in [0.25, 0.3) is 0 Å². The Morgan fingerprint density at radius 1 is 1.25 bits per heavy atom. The summed E-state index contributed by atoms with van der Waals surface area (Å²) >= 11 is 0. The number of benzene rings is 1. The molecule has 0 radical (unpaired) electrons. The topological polar surface area (TPSA) is 87.3 Å². The smallest absolute Gasteiger partial charge is 0.230 e. The van der Waals surface area contributed by atoms with Crippen LogP contribution in [0.5, 0.6) is 0 Å². The van der Waals surface area contributed by atoms with Crippen molar-refractivity contribution >= 4 is 22.7 Å². The number of hydrogen-bond donors (Lipinski definition) is 2. The van der Waals surface area contributed by atoms with Crippen LogP contribution in [0.4, 0.5) is 0 Å². The summed E-state index contributed by atoms with van der Waals surface area (Å²) in [5.41, 5.74) is 2.39. The van der Waals surface area contributed by atoms with E-state index in [9.17, 15) is 9.59 Å². The van der Waals surface area contributed by atoms with E-state index in [1.807, 2.05) is 53.6 Å². The van der Waals surface area contributed by atoms with Crippen LogP contribution in [0.3, 0.4) is 0 Å². The fraction of sp³-hybridized carbons (Fsp3) is 0.320. The fourth-order valence-corrected chi connectivity index (χ4v) is 5.46. The van der Waals surface area contributed by atoms with Gasteiger partial charge in [-0.1, -0.05) is 36.4 Å². The zero-order valence-electron chi connectivity index (χ0n) is 17.5. The number of likely N-dealkylation sites (tertiary alicyclic amines) is 1. The van der Waals surface area contributed by atoms with Crippen LogP contribution in [0.2, 0.25) is 0 Å². The minimum Gasteiger partial charge on any atom is -0.361 e. The molecule has 1 aromatic carbocycles. The number of pyridine rings is 1. The Bertz CT molecular complexity index is 1220. The molecule has 0 unspecified atom stereocenters. The first-order valence-electron chi connectivity index (χ1n) is 11.0. The summed E-state index contributed by atoms with van der Waals surface area (Å²) < 4.78 is 6.22. The second kappa shape index (κ2) is 7.31. The third-order valence-corrected chi connectivity index (χ3v) is 6.98. The molecule has 3 aromatic rings. The van der Waals surface area contributed by atoms with E-state index < -0.39 is 17.4 Å². The van der Waals surface area contributed by atoms with Crippen molar-refractivity contribution in [3.8, 4) is 0 Å². The van der Waals surface area contributed by atoms with Gasteiger partial charge < -0.3 is 19.9 Å². The van der Waals surface area contributed by atoms with Gasteiger partial charge in [-0.25, -0.2) is 0 Å². The minimum absolute atomic E-state index is 0.00896. The van der Waals surface area contributed by atoms with Gasteiger partial charge in [-0.3, -0.25) is 14.6 Å². The molecule has 0 aliphatic carbocycles. The molecule has 1 spiro atoms. The number of nitrogens with one attached hydrogen (secondary N) is 2. The molecule has 2 bridgehead atoms. The summed E-state index contributed by atoms with van der Waals surface area (Å²) in [5, 5.41) is 4.14. The summed E-state index contributed by atoms with van der Waals surface area (Å²) in [7, 11) is 0. The fourth-order valence-electron chi connectivity index (χ4n) is 5.46. The van der Waals surface area contributed by atoms with Crippen LogP contribution >= 0.6 is 0 Å². The maximum Gasteiger partial charge on any atom is 0.230 e. The van der Waals surface area contributed by atoms with Crippen molar-refractivity contribution in [1.29, 1.82) is 0 Å². The van der Waals surface area contributed by atoms with Crippen molar-refractivity contribution in [2.45, 2.75) is 24.7 Å². The number of aromatic amines is 1. The molecular weight excluding hydrogens is 404 g/mol. The van der Waals surface area contributed by atoms with Crippen molar-refractivity contribution in [3.05, 3.63) is 78.3 Å². The summed E-state index contributed by atoms with van der Waals surface area (Å²) in [6.07, 6.45) is 8.06. The van der Waals surface area contributed by atoms with Crippen molar-refractivity contribution in [2.75, 3.05) is 13.1 Å². The maximum absolute atomic E-state index is 13.4. The molecule has 5 heterocycles. The maximum atomic E-state index is 13.4. The number of aromatic nitrogens is 2. The number of nitrogens with zero attached hydrogens (tertiary/aromatic N) is 2. The lowest BCUT2D eigenvalue weighted by Crippen LogP contribution is -2.44. The van der Waals surface area contributed by atoms with Gasteiger partial charge in [-0.15, -0.1) is 0 Å². The third kappa shape index (κ3) is 2.96. The van der Waals surface area contributed by atoms with E-state index >= 15 is 0 Å². The first-order chi connectivity index (χ1) is 15.6. The Labute approximate surface area is 185 Å². The molecule has 2 saturated heterocycles. The zero-order chi connectivity index (χ0) is 21.7. The van der Waals surface area contributed by atoms with Crippen molar-refractivity contribution in [1.82, 2.24) is 20.2 Å². The standard InChI is InChI=1S/C25H24N4O3/c30-23(28-14-17-5-3-4-11-26-17)21-20-8-10-25(32-20)15-29(24(31)22(21)25)12-9-16-13-27-19-7-2-1-6-18(16)19/h1-8,10-11,13,20-22,27H,9,12,14-15H2,(H,28,30)/t20-,21+,22-,25-/m0/s1. The minimum atomic E-state index is -0.686. The predicted octanol–water partition coefficient (Wildman–Crippen LogP) is 2.20. The largest absolute Gasteiger partial charge is 0.361 e. The van der Waals surface area contributed by atoms with Gasteiger partial charge in [0, 0.05) is 29.8 Å². The highest BCUT2D eigenvalue weighted by Gasteiger charge is 2.66. The van der Waals surface area contributed by atoms with Gasteiger partial charge in [-0.2, -0.15) is 0 Å². The molecule has 3 aliphatic rings. The van der Waals surface area contributed by atoms with Gasteiger partial charge in [0.05, 0.1) is 36.7 Å². The molecule has 2 aromatic heterocycles. The number of para-hydroxylation sites is 1. The molecule has 2 amide bonds. The number of ether oxygens (including phenoxy) is 1. The predicted molar refractivity (Wildman–Crippen MR) is 118 cm³/mol. The monoisotopic (exact) mass is 428 g/mol. The highest BCUT2D eigenvalue weighted by Crippen LogP contribution is 2.51. The van der Waals surface area contributed by atoms with Gasteiger partial charge in [-0.05, 0) is 30.2 Å². The van der Waals surface area contributed by atoms with E-state index in [0.29, 0.717) is 19.6 Å². The molecule has 0 saturated carbocycles. The summed E-state index contributed by atoms with van der Waals surface area (Å²) in [5.74, 6) is -1.11. The number of fused-ring (bicyclic) bond motifs is 2. The van der Waals surface area contributed by atoms with Gasteiger partial charge in [0.2, 0.25) is 11.8 Å². The van der Waals surface area contributed by atoms with Gasteiger partial charge in [0.1, 0.15) is 5.60 Å². The van der Waals surface area contributed by atoms with Crippen LogP contribution in [0.1, 0.15) is 11.3 Å². The van der Waals surface area contributed by atoms with Crippen LogP contribution in [-0.4, -0.2) is 51.5 Å². The van der Waals surface area contributed by atoms with E-state index in [1.54, 1.807) is 6.20 Å². The Balaban J connectivity index is 1.17. The molecule has 162 valence electrons. The van der Waals surface area contributed by atoms with Gasteiger partial charge >= 0.3 is 0 Å². The summed E-state index contributed by atoms with van der Waals surface area (Å²) in [4.78, 5) is 35.9. The van der Waals surface area contributed by atoms with Crippen LogP contribution in [0.15, 0.2) is 67.0 Å². The molecule has 7 nitrogen and oxygen atoms in total. The average Bonchev–Trinajstić information content (AvgIpc) is 3.56. The van der Waals surface area contributed by atoms with Crippen LogP contribution in [-0.2, 0) is 27.3 Å². The molecule has 2 fully saturated rings. The first-order valence-corrected chi connectivity index (χ1v) is 11.0. The zero-order valence-corrected chi connectivity index (χ0v) is 17.5. The molecule has 3 aliphatic heterocycles. The quantitative estimate of drug-likeness (QED) is 0.590. The number of hydrogen-bond acceptors (Lipinski definition) is 4. The molecule has 4 atom stereocenters. The molecule has 7 heteroatoms. The van der Waals surface area contributed by atoms with E-state index in [0.717, 1.165) is 17.6 Å². The van der Waals surface area contributed by atoms with Crippen molar-refractivity contribution in [3.63, 3.8) is 0 Å². The number of carbonyl (C=O) groups excluding carboxylic acids is 2. The lowest BCUT2D eigenvalue weighted by Gasteiger charge is -2.23. The van der Waals surface area contributed by atoms with Crippen LogP contribution < -0.4 is 5.32 Å². The lowest BCUT2D eigenvalue weighted by molar-refractivity contribution is -0.137. The number of H-pyrrole nitrogens is 1. The average molecular weight is 428 g/mol. The van der Waals surface area contributed by atoms with Crippen molar-refractivity contribution < 1.29 is 14.3 Å².